The van der Waals surface area contributed by atoms with Crippen LogP contribution in [0, 0.1) is 0 Å². The van der Waals surface area contributed by atoms with Crippen LogP contribution < -0.4 is 9.64 Å². The van der Waals surface area contributed by atoms with E-state index in [1.165, 1.54) is 0 Å². The molecular weight excluding hydrogens is 228 g/mol. The van der Waals surface area contributed by atoms with Gasteiger partial charge in [0.25, 0.3) is 0 Å². The highest BCUT2D eigenvalue weighted by Crippen LogP contribution is 2.48. The molecule has 0 bridgehead atoms. The molecule has 0 N–H and O–H groups in total. The number of hydrogen-bond acceptors (Lipinski definition) is 4. The average molecular weight is 246 g/mol. The lowest BCUT2D eigenvalue weighted by atomic mass is 9.71. The lowest BCUT2D eigenvalue weighted by Crippen LogP contribution is -2.33. The number of aliphatic imine (C=N–C) groups is 1. The number of carbonyl (C=O) groups excluding carboxylic acids is 1. The third kappa shape index (κ3) is 2.00. The van der Waals surface area contributed by atoms with Crippen LogP contribution in [0.2, 0.25) is 0 Å². The third-order valence-electron chi connectivity index (χ3n) is 3.63. The molecule has 4 heteroatoms. The molecule has 96 valence electrons. The molecule has 0 amide bonds. The van der Waals surface area contributed by atoms with Gasteiger partial charge in [0.1, 0.15) is 11.3 Å². The fraction of sp³-hybridized carbons (Fsp3) is 0.500. The van der Waals surface area contributed by atoms with E-state index >= 15 is 0 Å². The Balaban J connectivity index is 2.55. The molecule has 1 aliphatic carbocycles. The van der Waals surface area contributed by atoms with Gasteiger partial charge in [-0.25, -0.2) is 4.79 Å². The van der Waals surface area contributed by atoms with Crippen LogP contribution in [-0.2, 0) is 10.3 Å². The minimum absolute atomic E-state index is 0.393. The fourth-order valence-corrected chi connectivity index (χ4v) is 2.45. The summed E-state index contributed by atoms with van der Waals surface area (Å²) in [5, 5.41) is 0. The van der Waals surface area contributed by atoms with Gasteiger partial charge in [0.2, 0.25) is 6.08 Å². The van der Waals surface area contributed by atoms with Gasteiger partial charge in [-0.1, -0.05) is 0 Å². The highest BCUT2D eigenvalue weighted by atomic mass is 16.5. The van der Waals surface area contributed by atoms with Gasteiger partial charge in [-0.05, 0) is 37.5 Å². The number of anilines is 1. The first-order valence-corrected chi connectivity index (χ1v) is 6.08. The van der Waals surface area contributed by atoms with Gasteiger partial charge in [0.15, 0.2) is 0 Å². The van der Waals surface area contributed by atoms with Gasteiger partial charge in [-0.2, -0.15) is 4.99 Å². The molecule has 0 radical (unpaired) electrons. The molecule has 4 nitrogen and oxygen atoms in total. The minimum atomic E-state index is -0.393. The molecule has 0 aliphatic heterocycles. The van der Waals surface area contributed by atoms with Gasteiger partial charge in [-0.15, -0.1) is 0 Å². The Hall–Kier alpha value is -1.80. The Bertz CT molecular complexity index is 487. The predicted molar refractivity (Wildman–Crippen MR) is 71.0 cm³/mol. The highest BCUT2D eigenvalue weighted by molar-refractivity contribution is 5.60. The molecule has 1 saturated carbocycles. The Morgan fingerprint density at radius 2 is 2.11 bits per heavy atom. The van der Waals surface area contributed by atoms with E-state index in [1.807, 2.05) is 37.2 Å². The zero-order chi connectivity index (χ0) is 13.2. The molecule has 0 heterocycles. The van der Waals surface area contributed by atoms with E-state index in [0.29, 0.717) is 0 Å². The van der Waals surface area contributed by atoms with Crippen molar-refractivity contribution >= 4 is 11.8 Å². The average Bonchev–Trinajstić information content (AvgIpc) is 2.33. The number of isocyanates is 1. The number of nitrogens with zero attached hydrogens (tertiary/aromatic N) is 2. The molecule has 1 aromatic carbocycles. The molecule has 1 fully saturated rings. The van der Waals surface area contributed by atoms with Gasteiger partial charge < -0.3 is 9.64 Å². The van der Waals surface area contributed by atoms with Crippen molar-refractivity contribution in [2.75, 3.05) is 26.1 Å². The second-order valence-electron chi connectivity index (χ2n) is 4.87. The summed E-state index contributed by atoms with van der Waals surface area (Å²) in [6.45, 7) is 0. The van der Waals surface area contributed by atoms with Gasteiger partial charge in [0, 0.05) is 25.3 Å². The maximum Gasteiger partial charge on any atom is 0.235 e. The first-order valence-electron chi connectivity index (χ1n) is 6.08. The second-order valence-corrected chi connectivity index (χ2v) is 4.87. The lowest BCUT2D eigenvalue weighted by Gasteiger charge is -2.39. The summed E-state index contributed by atoms with van der Waals surface area (Å²) in [5.41, 5.74) is 1.74. The molecule has 0 aromatic heterocycles. The van der Waals surface area contributed by atoms with Crippen LogP contribution in [0.3, 0.4) is 0 Å². The molecular formula is C14H18N2O2. The summed E-state index contributed by atoms with van der Waals surface area (Å²) < 4.78 is 5.27. The molecule has 0 unspecified atom stereocenters. The van der Waals surface area contributed by atoms with Crippen LogP contribution in [0.15, 0.2) is 23.2 Å². The third-order valence-corrected chi connectivity index (χ3v) is 3.63. The van der Waals surface area contributed by atoms with Crippen LogP contribution in [0.4, 0.5) is 5.69 Å². The van der Waals surface area contributed by atoms with Crippen molar-refractivity contribution in [1.82, 2.24) is 0 Å². The van der Waals surface area contributed by atoms with Gasteiger partial charge in [-0.3, -0.25) is 0 Å². The summed E-state index contributed by atoms with van der Waals surface area (Å²) in [4.78, 5) is 16.8. The number of rotatable bonds is 4. The van der Waals surface area contributed by atoms with Crippen molar-refractivity contribution in [3.8, 4) is 5.75 Å². The molecule has 1 aliphatic rings. The van der Waals surface area contributed by atoms with Crippen LogP contribution in [-0.4, -0.2) is 27.3 Å². The predicted octanol–water partition coefficient (Wildman–Crippen LogP) is 2.48. The Morgan fingerprint density at radius 3 is 2.56 bits per heavy atom. The summed E-state index contributed by atoms with van der Waals surface area (Å²) >= 11 is 0. The van der Waals surface area contributed by atoms with Gasteiger partial charge >= 0.3 is 0 Å². The topological polar surface area (TPSA) is 41.9 Å². The number of benzene rings is 1. The summed E-state index contributed by atoms with van der Waals surface area (Å²) in [5.74, 6) is 0.794. The van der Waals surface area contributed by atoms with E-state index in [2.05, 4.69) is 4.99 Å². The van der Waals surface area contributed by atoms with Crippen LogP contribution in [0.5, 0.6) is 5.75 Å². The van der Waals surface area contributed by atoms with Gasteiger partial charge in [0.05, 0.1) is 7.11 Å². The van der Waals surface area contributed by atoms with Crippen molar-refractivity contribution < 1.29 is 9.53 Å². The first kappa shape index (κ1) is 12.7. The molecule has 18 heavy (non-hydrogen) atoms. The number of ether oxygens (including phenoxy) is 1. The fourth-order valence-electron chi connectivity index (χ4n) is 2.45. The first-order chi connectivity index (χ1) is 8.63. The van der Waals surface area contributed by atoms with E-state index in [1.54, 1.807) is 13.2 Å². The van der Waals surface area contributed by atoms with E-state index in [4.69, 9.17) is 4.74 Å². The summed E-state index contributed by atoms with van der Waals surface area (Å²) in [6.07, 6.45) is 4.62. The molecule has 2 rings (SSSR count). The lowest BCUT2D eigenvalue weighted by molar-refractivity contribution is 0.255. The van der Waals surface area contributed by atoms with Crippen LogP contribution in [0.1, 0.15) is 24.8 Å². The summed E-state index contributed by atoms with van der Waals surface area (Å²) in [7, 11) is 5.62. The monoisotopic (exact) mass is 246 g/mol. The quantitative estimate of drug-likeness (QED) is 0.605. The van der Waals surface area contributed by atoms with Crippen molar-refractivity contribution in [1.29, 1.82) is 0 Å². The second kappa shape index (κ2) is 4.83. The number of hydrogen-bond donors (Lipinski definition) is 0. The van der Waals surface area contributed by atoms with Crippen molar-refractivity contribution in [2.45, 2.75) is 24.8 Å². The maximum absolute atomic E-state index is 10.7. The van der Waals surface area contributed by atoms with Crippen molar-refractivity contribution in [2.24, 2.45) is 4.99 Å². The highest BCUT2D eigenvalue weighted by Gasteiger charge is 2.41. The van der Waals surface area contributed by atoms with E-state index < -0.39 is 5.54 Å². The SMILES string of the molecule is COc1ccc(N(C)C)c(C2(N=C=O)CCC2)c1. The van der Waals surface area contributed by atoms with Crippen molar-refractivity contribution in [3.05, 3.63) is 23.8 Å². The van der Waals surface area contributed by atoms with E-state index in [0.717, 1.165) is 36.3 Å². The molecule has 0 spiro atoms. The Labute approximate surface area is 107 Å². The standard InChI is InChI=1S/C14H18N2O2/c1-16(2)13-6-5-11(18-3)9-12(13)14(15-10-17)7-4-8-14/h5-6,9H,4,7-8H2,1-3H3. The Kier molecular flexibility index (Phi) is 3.39. The maximum atomic E-state index is 10.7. The van der Waals surface area contributed by atoms with Crippen molar-refractivity contribution in [3.63, 3.8) is 0 Å². The zero-order valence-corrected chi connectivity index (χ0v) is 11.1. The Morgan fingerprint density at radius 1 is 1.39 bits per heavy atom. The molecule has 0 atom stereocenters. The smallest absolute Gasteiger partial charge is 0.235 e. The number of methoxy groups -OCH3 is 1. The van der Waals surface area contributed by atoms with E-state index in [-0.39, 0.29) is 0 Å². The summed E-state index contributed by atoms with van der Waals surface area (Å²) in [6, 6.07) is 5.92. The molecule has 1 aromatic rings. The zero-order valence-electron chi connectivity index (χ0n) is 11.1. The minimum Gasteiger partial charge on any atom is -0.497 e. The molecule has 0 saturated heterocycles. The normalized spacial score (nSPS) is 16.4. The largest absolute Gasteiger partial charge is 0.497 e. The van der Waals surface area contributed by atoms with E-state index in [9.17, 15) is 4.79 Å². The van der Waals surface area contributed by atoms with Crippen LogP contribution in [0.25, 0.3) is 0 Å². The van der Waals surface area contributed by atoms with Crippen LogP contribution >= 0.6 is 0 Å².